The molecule has 1 aromatic rings. The molecule has 0 saturated heterocycles. The van der Waals surface area contributed by atoms with Crippen molar-refractivity contribution in [2.45, 2.75) is 6.04 Å². The van der Waals surface area contributed by atoms with Crippen molar-refractivity contribution in [1.82, 2.24) is 5.32 Å². The van der Waals surface area contributed by atoms with Gasteiger partial charge in [-0.15, -0.1) is 11.3 Å². The summed E-state index contributed by atoms with van der Waals surface area (Å²) in [5.41, 5.74) is 1.31. The fraction of sp³-hybridized carbons (Fsp3) is 0.500. The van der Waals surface area contributed by atoms with E-state index in [4.69, 9.17) is 4.74 Å². The zero-order chi connectivity index (χ0) is 8.97. The molecule has 0 fully saturated rings. The minimum absolute atomic E-state index is 0.328. The number of likely N-dealkylation sites (N-methyl/N-ethyl adjacent to an activating group) is 1. The second-order valence-electron chi connectivity index (χ2n) is 2.48. The van der Waals surface area contributed by atoms with Gasteiger partial charge in [0.05, 0.1) is 15.5 Å². The largest absolute Gasteiger partial charge is 0.383 e. The fourth-order valence-corrected chi connectivity index (χ4v) is 2.45. The van der Waals surface area contributed by atoms with Crippen LogP contribution < -0.4 is 5.32 Å². The Kier molecular flexibility index (Phi) is 4.49. The van der Waals surface area contributed by atoms with Gasteiger partial charge >= 0.3 is 0 Å². The lowest BCUT2D eigenvalue weighted by Crippen LogP contribution is -2.20. The van der Waals surface area contributed by atoms with E-state index in [1.807, 2.05) is 7.05 Å². The average Bonchev–Trinajstić information content (AvgIpc) is 2.47. The van der Waals surface area contributed by atoms with Crippen molar-refractivity contribution in [3.8, 4) is 0 Å². The van der Waals surface area contributed by atoms with Crippen molar-refractivity contribution in [3.63, 3.8) is 0 Å². The Morgan fingerprint density at radius 1 is 1.75 bits per heavy atom. The van der Waals surface area contributed by atoms with Gasteiger partial charge in [-0.25, -0.2) is 0 Å². The monoisotopic (exact) mass is 297 g/mol. The minimum atomic E-state index is 0.328. The van der Waals surface area contributed by atoms with Crippen LogP contribution in [0.1, 0.15) is 11.6 Å². The van der Waals surface area contributed by atoms with Crippen LogP contribution in [-0.2, 0) is 4.74 Å². The highest BCUT2D eigenvalue weighted by Gasteiger charge is 2.09. The van der Waals surface area contributed by atoms with Crippen molar-refractivity contribution >= 4 is 33.9 Å². The highest BCUT2D eigenvalue weighted by atomic mass is 127. The highest BCUT2D eigenvalue weighted by molar-refractivity contribution is 14.1. The van der Waals surface area contributed by atoms with Crippen LogP contribution in [0.4, 0.5) is 0 Å². The summed E-state index contributed by atoms with van der Waals surface area (Å²) >= 11 is 4.09. The first-order chi connectivity index (χ1) is 5.77. The van der Waals surface area contributed by atoms with E-state index in [-0.39, 0.29) is 0 Å². The third-order valence-corrected chi connectivity index (χ3v) is 3.48. The summed E-state index contributed by atoms with van der Waals surface area (Å²) in [6.07, 6.45) is 0. The molecule has 1 rings (SSSR count). The Morgan fingerprint density at radius 2 is 2.50 bits per heavy atom. The standard InChI is InChI=1S/C8H12INOS/c1-10-7(4-11-2)6-3-8(9)12-5-6/h3,5,7,10H,4H2,1-2H3. The molecule has 0 aromatic carbocycles. The number of hydrogen-bond acceptors (Lipinski definition) is 3. The predicted molar refractivity (Wildman–Crippen MR) is 60.7 cm³/mol. The maximum Gasteiger partial charge on any atom is 0.0657 e. The molecule has 0 amide bonds. The zero-order valence-electron chi connectivity index (χ0n) is 7.13. The van der Waals surface area contributed by atoms with Crippen LogP contribution in [0.5, 0.6) is 0 Å². The highest BCUT2D eigenvalue weighted by Crippen LogP contribution is 2.22. The molecular weight excluding hydrogens is 285 g/mol. The number of thiophene rings is 1. The molecule has 0 spiro atoms. The van der Waals surface area contributed by atoms with Gasteiger partial charge in [-0.3, -0.25) is 0 Å². The topological polar surface area (TPSA) is 21.3 Å². The number of rotatable bonds is 4. The van der Waals surface area contributed by atoms with Gasteiger partial charge in [0.1, 0.15) is 0 Å². The lowest BCUT2D eigenvalue weighted by molar-refractivity contribution is 0.170. The molecule has 2 nitrogen and oxygen atoms in total. The number of ether oxygens (including phenoxy) is 1. The van der Waals surface area contributed by atoms with Gasteiger partial charge < -0.3 is 10.1 Å². The van der Waals surface area contributed by atoms with Crippen molar-refractivity contribution in [2.75, 3.05) is 20.8 Å². The molecule has 1 heterocycles. The lowest BCUT2D eigenvalue weighted by atomic mass is 10.2. The van der Waals surface area contributed by atoms with Crippen LogP contribution in [0.2, 0.25) is 0 Å². The molecule has 68 valence electrons. The molecule has 0 aliphatic carbocycles. The molecule has 0 radical (unpaired) electrons. The van der Waals surface area contributed by atoms with Gasteiger partial charge in [0.15, 0.2) is 0 Å². The van der Waals surface area contributed by atoms with E-state index in [1.165, 1.54) is 8.45 Å². The van der Waals surface area contributed by atoms with Crippen molar-refractivity contribution in [1.29, 1.82) is 0 Å². The molecule has 1 N–H and O–H groups in total. The Labute approximate surface area is 90.5 Å². The maximum atomic E-state index is 5.10. The van der Waals surface area contributed by atoms with Gasteiger partial charge in [0.25, 0.3) is 0 Å². The second kappa shape index (κ2) is 5.16. The summed E-state index contributed by atoms with van der Waals surface area (Å²) in [7, 11) is 3.68. The number of hydrogen-bond donors (Lipinski definition) is 1. The summed E-state index contributed by atoms with van der Waals surface area (Å²) in [5.74, 6) is 0. The van der Waals surface area contributed by atoms with Crippen molar-refractivity contribution < 1.29 is 4.74 Å². The van der Waals surface area contributed by atoms with Gasteiger partial charge in [0, 0.05) is 7.11 Å². The molecule has 1 unspecified atom stereocenters. The van der Waals surface area contributed by atoms with Gasteiger partial charge in [-0.1, -0.05) is 0 Å². The molecule has 0 aliphatic heterocycles. The van der Waals surface area contributed by atoms with Crippen LogP contribution in [0, 0.1) is 2.88 Å². The Bertz CT molecular complexity index is 239. The van der Waals surface area contributed by atoms with Gasteiger partial charge in [0.2, 0.25) is 0 Å². The normalized spacial score (nSPS) is 13.2. The summed E-state index contributed by atoms with van der Waals surface area (Å²) in [6.45, 7) is 0.726. The summed E-state index contributed by atoms with van der Waals surface area (Å²) < 4.78 is 6.42. The van der Waals surface area contributed by atoms with Crippen LogP contribution in [0.25, 0.3) is 0 Å². The van der Waals surface area contributed by atoms with E-state index in [1.54, 1.807) is 18.4 Å². The summed E-state index contributed by atoms with van der Waals surface area (Å²) in [5, 5.41) is 5.38. The smallest absolute Gasteiger partial charge is 0.0657 e. The first kappa shape index (κ1) is 10.4. The van der Waals surface area contributed by atoms with E-state index in [2.05, 4.69) is 39.4 Å². The summed E-state index contributed by atoms with van der Waals surface area (Å²) in [4.78, 5) is 0. The second-order valence-corrected chi connectivity index (χ2v) is 5.29. The fourth-order valence-electron chi connectivity index (χ4n) is 1.02. The molecule has 1 aromatic heterocycles. The zero-order valence-corrected chi connectivity index (χ0v) is 10.1. The third-order valence-electron chi connectivity index (χ3n) is 1.67. The minimum Gasteiger partial charge on any atom is -0.383 e. The molecular formula is C8H12INOS. The van der Waals surface area contributed by atoms with E-state index in [9.17, 15) is 0 Å². The number of halogens is 1. The first-order valence-electron chi connectivity index (χ1n) is 3.68. The predicted octanol–water partition coefficient (Wildman–Crippen LogP) is 2.26. The Hall–Kier alpha value is 0.350. The van der Waals surface area contributed by atoms with E-state index >= 15 is 0 Å². The molecule has 0 saturated carbocycles. The van der Waals surface area contributed by atoms with Crippen LogP contribution in [0.15, 0.2) is 11.4 Å². The van der Waals surface area contributed by atoms with Crippen molar-refractivity contribution in [3.05, 3.63) is 19.9 Å². The third kappa shape index (κ3) is 2.69. The SMILES string of the molecule is CNC(COC)c1csc(I)c1. The molecule has 0 bridgehead atoms. The Balaban J connectivity index is 2.66. The van der Waals surface area contributed by atoms with Crippen LogP contribution in [0.3, 0.4) is 0 Å². The van der Waals surface area contributed by atoms with Gasteiger partial charge in [-0.05, 0) is 46.6 Å². The molecule has 0 aliphatic rings. The lowest BCUT2D eigenvalue weighted by Gasteiger charge is -2.12. The Morgan fingerprint density at radius 3 is 2.92 bits per heavy atom. The van der Waals surface area contributed by atoms with Crippen LogP contribution >= 0.6 is 33.9 Å². The van der Waals surface area contributed by atoms with Crippen molar-refractivity contribution in [2.24, 2.45) is 0 Å². The number of methoxy groups -OCH3 is 1. The van der Waals surface area contributed by atoms with E-state index in [0.29, 0.717) is 6.04 Å². The van der Waals surface area contributed by atoms with Gasteiger partial charge in [-0.2, -0.15) is 0 Å². The molecule has 1 atom stereocenters. The van der Waals surface area contributed by atoms with Crippen LogP contribution in [-0.4, -0.2) is 20.8 Å². The number of nitrogens with one attached hydrogen (secondary N) is 1. The summed E-state index contributed by atoms with van der Waals surface area (Å²) in [6, 6.07) is 2.51. The van der Waals surface area contributed by atoms with E-state index < -0.39 is 0 Å². The van der Waals surface area contributed by atoms with E-state index in [0.717, 1.165) is 6.61 Å². The maximum absolute atomic E-state index is 5.10. The average molecular weight is 297 g/mol. The quantitative estimate of drug-likeness (QED) is 0.861. The first-order valence-corrected chi connectivity index (χ1v) is 5.64. The molecule has 4 heteroatoms. The molecule has 12 heavy (non-hydrogen) atoms.